The van der Waals surface area contributed by atoms with E-state index in [4.69, 9.17) is 30.1 Å². The number of hydrogen-bond acceptors (Lipinski definition) is 13. The van der Waals surface area contributed by atoms with Gasteiger partial charge in [0.05, 0.1) is 23.1 Å². The van der Waals surface area contributed by atoms with E-state index in [1.54, 1.807) is 13.0 Å². The summed E-state index contributed by atoms with van der Waals surface area (Å²) in [6.07, 6.45) is 10.8. The number of aryl methyl sites for hydroxylation is 2. The van der Waals surface area contributed by atoms with Crippen molar-refractivity contribution >= 4 is 34.3 Å². The van der Waals surface area contributed by atoms with Gasteiger partial charge < -0.3 is 40.5 Å². The second-order valence-corrected chi connectivity index (χ2v) is 17.4. The number of pyridine rings is 2. The van der Waals surface area contributed by atoms with Gasteiger partial charge in [-0.15, -0.1) is 0 Å². The van der Waals surface area contributed by atoms with E-state index in [0.29, 0.717) is 66.8 Å². The van der Waals surface area contributed by atoms with Crippen LogP contribution in [0.15, 0.2) is 86.8 Å². The molecule has 2 bridgehead atoms. The van der Waals surface area contributed by atoms with Gasteiger partial charge in [-0.3, -0.25) is 14.7 Å². The number of benzene rings is 1. The lowest BCUT2D eigenvalue weighted by Crippen LogP contribution is -3.05. The van der Waals surface area contributed by atoms with Crippen molar-refractivity contribution in [2.24, 2.45) is 22.7 Å². The molecule has 2 saturated heterocycles. The molecule has 6 aliphatic heterocycles. The summed E-state index contributed by atoms with van der Waals surface area (Å²) in [5.41, 5.74) is 16.4. The summed E-state index contributed by atoms with van der Waals surface area (Å²) >= 11 is 0. The number of fused-ring (bicyclic) bond motifs is 5. The summed E-state index contributed by atoms with van der Waals surface area (Å²) in [5, 5.41) is 15.3. The molecule has 14 heteroatoms. The first kappa shape index (κ1) is 37.4. The van der Waals surface area contributed by atoms with Crippen molar-refractivity contribution in [3.8, 4) is 22.8 Å². The maximum Gasteiger partial charge on any atom is 0.342 e. The predicted molar refractivity (Wildman–Crippen MR) is 221 cm³/mol. The molecule has 3 aromatic heterocycles. The Morgan fingerprint density at radius 1 is 1.05 bits per heavy atom. The number of phenols is 1. The highest BCUT2D eigenvalue weighted by Crippen LogP contribution is 2.59. The number of rotatable bonds is 8. The van der Waals surface area contributed by atoms with E-state index in [1.807, 2.05) is 57.4 Å². The Kier molecular flexibility index (Phi) is 8.64. The van der Waals surface area contributed by atoms with Crippen LogP contribution in [0.1, 0.15) is 55.2 Å². The van der Waals surface area contributed by atoms with Gasteiger partial charge in [-0.25, -0.2) is 14.8 Å². The summed E-state index contributed by atoms with van der Waals surface area (Å²) < 4.78 is 25.6. The lowest BCUT2D eigenvalue weighted by atomic mass is 9.64. The second kappa shape index (κ2) is 13.6. The lowest BCUT2D eigenvalue weighted by molar-refractivity contribution is -0.848. The van der Waals surface area contributed by atoms with Gasteiger partial charge in [0.25, 0.3) is 0 Å². The Bertz CT molecular complexity index is 2630. The molecule has 0 saturated carbocycles. The molecule has 7 aliphatic rings. The Hall–Kier alpha value is -5.83. The maximum atomic E-state index is 14.7. The maximum absolute atomic E-state index is 14.7. The number of carbonyl (C=O) groups is 1. The van der Waals surface area contributed by atoms with Crippen molar-refractivity contribution in [1.29, 1.82) is 0 Å². The Balaban J connectivity index is 0.934. The molecule has 304 valence electrons. The van der Waals surface area contributed by atoms with E-state index >= 15 is 0 Å². The summed E-state index contributed by atoms with van der Waals surface area (Å²) in [6.45, 7) is 7.57. The smallest absolute Gasteiger partial charge is 0.342 e. The standard InChI is InChI=1S/C45H47N7O7/c1-22-11-32(53)39-33(56-22)17-34-40(41(39)54)38-29-7-6-27(14-26(29)18-48-4)45(43(55)57-42(38)44(2,3)58-34)35(59-45)8-5-23-12-30(51-36(46)13-23)25-15-28(50-37(47)16-25)20-52-19-24-9-10-49-31(24)21-52/h6-7,9-13,15-17,19,26-27,29,35,38,42,48,54H,5,8,14,18,20-21H2,1-4H3,(H2,46,51)(H2,47,50)/p+1/t26-,27?,29-,35-,38-,42-,45-/m1/s1. The van der Waals surface area contributed by atoms with Crippen molar-refractivity contribution in [2.75, 3.05) is 31.6 Å². The number of aliphatic imine (C=N–C) groups is 1. The third-order valence-corrected chi connectivity index (χ3v) is 13.0. The number of epoxide rings is 1. The number of hydrogen-bond donors (Lipinski definition) is 5. The van der Waals surface area contributed by atoms with Crippen LogP contribution in [0.2, 0.25) is 0 Å². The van der Waals surface area contributed by atoms with Crippen molar-refractivity contribution in [1.82, 2.24) is 15.3 Å². The molecule has 2 fully saturated rings. The van der Waals surface area contributed by atoms with Crippen LogP contribution in [0.3, 0.4) is 0 Å². The molecule has 0 amide bonds. The number of phenolic OH excluding ortho intramolecular Hbond substituents is 1. The molecule has 8 atom stereocenters. The van der Waals surface area contributed by atoms with Crippen LogP contribution >= 0.6 is 0 Å². The van der Waals surface area contributed by atoms with E-state index in [1.165, 1.54) is 11.0 Å². The van der Waals surface area contributed by atoms with Crippen molar-refractivity contribution in [3.05, 3.63) is 105 Å². The number of nitrogens with two attached hydrogens (primary N) is 2. The predicted octanol–water partition coefficient (Wildman–Crippen LogP) is 3.66. The molecule has 1 aliphatic carbocycles. The lowest BCUT2D eigenvalue weighted by Gasteiger charge is -2.47. The monoisotopic (exact) mass is 798 g/mol. The highest BCUT2D eigenvalue weighted by Gasteiger charge is 2.70. The fourth-order valence-electron chi connectivity index (χ4n) is 10.4. The Morgan fingerprint density at radius 2 is 1.88 bits per heavy atom. The van der Waals surface area contributed by atoms with E-state index in [9.17, 15) is 14.7 Å². The van der Waals surface area contributed by atoms with E-state index in [0.717, 1.165) is 34.7 Å². The number of anilines is 2. The molecule has 59 heavy (non-hydrogen) atoms. The average molecular weight is 799 g/mol. The quantitative estimate of drug-likeness (QED) is 0.0985. The van der Waals surface area contributed by atoms with Crippen LogP contribution in [0.4, 0.5) is 11.6 Å². The van der Waals surface area contributed by atoms with Crippen LogP contribution in [0.25, 0.3) is 22.2 Å². The van der Waals surface area contributed by atoms with Gasteiger partial charge in [0.1, 0.15) is 76.6 Å². The van der Waals surface area contributed by atoms with Crippen LogP contribution in [0, 0.1) is 24.7 Å². The summed E-state index contributed by atoms with van der Waals surface area (Å²) in [5.74, 6) is 0.0655. The normalized spacial score (nSPS) is 29.5. The molecule has 2 unspecified atom stereocenters. The number of allylic oxidation sites excluding steroid dienone is 2. The van der Waals surface area contributed by atoms with E-state index < -0.39 is 35.3 Å². The number of nitrogens with zero attached hydrogens (tertiary/aromatic N) is 3. The fourth-order valence-corrected chi connectivity index (χ4v) is 10.4. The number of aromatic hydroxyl groups is 1. The van der Waals surface area contributed by atoms with Crippen molar-refractivity contribution in [3.63, 3.8) is 0 Å². The SMILES string of the molecule is CNC[C@H]1CC2C=C[C@H]1[C@@H]1c3c(cc4oc(C)cc(=O)c4c3O)OC(C)(C)[C@@H]1OC(=O)[C@@]21O[C@@H]1CCc1cc(N)nc(-c2cc(N)nc(C[NH+]3C=C4C=CN=C4C3)c2)c1. The number of nitrogen functional groups attached to an aromatic ring is 2. The fraction of sp³-hybridized carbons (Fsp3) is 0.400. The second-order valence-electron chi connectivity index (χ2n) is 17.4. The number of ether oxygens (including phenoxy) is 3. The third kappa shape index (κ3) is 6.23. The van der Waals surface area contributed by atoms with Crippen LogP contribution < -0.4 is 31.8 Å². The zero-order chi connectivity index (χ0) is 41.0. The van der Waals surface area contributed by atoms with Gasteiger partial charge in [0.2, 0.25) is 0 Å². The van der Waals surface area contributed by atoms with Crippen LogP contribution in [0.5, 0.6) is 11.5 Å². The molecular weight excluding hydrogens is 751 g/mol. The minimum atomic E-state index is -1.20. The van der Waals surface area contributed by atoms with Gasteiger partial charge in [0, 0.05) is 41.3 Å². The van der Waals surface area contributed by atoms with Gasteiger partial charge in [-0.1, -0.05) is 12.2 Å². The highest BCUT2D eigenvalue weighted by molar-refractivity contribution is 6.06. The minimum Gasteiger partial charge on any atom is -0.507 e. The number of esters is 1. The minimum absolute atomic E-state index is 0.0409. The summed E-state index contributed by atoms with van der Waals surface area (Å²) in [4.78, 5) is 42.9. The van der Waals surface area contributed by atoms with Gasteiger partial charge >= 0.3 is 5.97 Å². The molecule has 9 heterocycles. The van der Waals surface area contributed by atoms with E-state index in [-0.39, 0.29) is 39.9 Å². The Labute approximate surface area is 340 Å². The molecule has 1 aromatic carbocycles. The zero-order valence-corrected chi connectivity index (χ0v) is 33.5. The number of carbonyl (C=O) groups excluding carboxylic acids is 1. The average Bonchev–Trinajstić information content (AvgIpc) is 3.52. The summed E-state index contributed by atoms with van der Waals surface area (Å²) in [6, 6.07) is 10.7. The topological polar surface area (TPSA) is 205 Å². The number of quaternary nitrogens is 1. The van der Waals surface area contributed by atoms with E-state index in [2.05, 4.69) is 38.6 Å². The summed E-state index contributed by atoms with van der Waals surface area (Å²) in [7, 11) is 1.91. The molecular formula is C45H48N7O7+. The molecule has 0 radical (unpaired) electrons. The zero-order valence-electron chi connectivity index (χ0n) is 33.5. The number of aromatic nitrogens is 2. The third-order valence-electron chi connectivity index (χ3n) is 13.0. The molecule has 14 nitrogen and oxygen atoms in total. The van der Waals surface area contributed by atoms with Crippen LogP contribution in [-0.4, -0.2) is 70.3 Å². The first-order chi connectivity index (χ1) is 28.3. The van der Waals surface area contributed by atoms with Crippen LogP contribution in [-0.2, 0) is 27.2 Å². The highest BCUT2D eigenvalue weighted by atomic mass is 16.7. The number of nitrogens with one attached hydrogen (secondary N) is 2. The van der Waals surface area contributed by atoms with Crippen molar-refractivity contribution in [2.45, 2.75) is 75.9 Å². The molecule has 1 spiro atoms. The Morgan fingerprint density at radius 3 is 2.69 bits per heavy atom. The first-order valence-corrected chi connectivity index (χ1v) is 20.4. The van der Waals surface area contributed by atoms with Gasteiger partial charge in [-0.05, 0) is 101 Å². The molecule has 11 rings (SSSR count). The molecule has 4 aromatic rings. The first-order valence-electron chi connectivity index (χ1n) is 20.4. The largest absolute Gasteiger partial charge is 0.507 e. The molecule has 7 N–H and O–H groups in total. The van der Waals surface area contributed by atoms with Gasteiger partial charge in [0.15, 0.2) is 11.0 Å². The van der Waals surface area contributed by atoms with Gasteiger partial charge in [-0.2, -0.15) is 0 Å². The van der Waals surface area contributed by atoms with Crippen molar-refractivity contribution < 1.29 is 33.4 Å².